The van der Waals surface area contributed by atoms with E-state index < -0.39 is 23.8 Å². The monoisotopic (exact) mass is 280 g/mol. The first-order valence-electron chi connectivity index (χ1n) is 5.81. The molecule has 0 spiro atoms. The highest BCUT2D eigenvalue weighted by molar-refractivity contribution is 5.94. The van der Waals surface area contributed by atoms with Crippen molar-refractivity contribution >= 4 is 11.9 Å². The Morgan fingerprint density at radius 3 is 2.53 bits per heavy atom. The fraction of sp³-hybridized carbons (Fsp3) is 0.636. The van der Waals surface area contributed by atoms with Gasteiger partial charge in [0, 0.05) is 19.6 Å². The Balaban J connectivity index is 2.69. The molecule has 0 aromatic heterocycles. The molecule has 1 amide bonds. The molecule has 1 N–H and O–H groups in total. The Hall–Kier alpha value is -1.57. The van der Waals surface area contributed by atoms with Gasteiger partial charge < -0.3 is 15.0 Å². The maximum atomic E-state index is 12.1. The summed E-state index contributed by atoms with van der Waals surface area (Å²) in [6, 6.07) is 0. The number of alkyl halides is 3. The lowest BCUT2D eigenvalue weighted by atomic mass is 10.3. The van der Waals surface area contributed by atoms with Crippen molar-refractivity contribution in [2.75, 3.05) is 26.2 Å². The molecule has 0 radical (unpaired) electrons. The van der Waals surface area contributed by atoms with Crippen molar-refractivity contribution < 1.29 is 27.5 Å². The molecule has 0 unspecified atom stereocenters. The number of amides is 1. The summed E-state index contributed by atoms with van der Waals surface area (Å²) in [6.07, 6.45) is -3.37. The van der Waals surface area contributed by atoms with Crippen LogP contribution in [0.2, 0.25) is 0 Å². The number of esters is 1. The van der Waals surface area contributed by atoms with E-state index >= 15 is 0 Å². The molecule has 5 nitrogen and oxygen atoms in total. The van der Waals surface area contributed by atoms with Gasteiger partial charge in [-0.2, -0.15) is 13.2 Å². The predicted octanol–water partition coefficient (Wildman–Crippen LogP) is 0.818. The van der Waals surface area contributed by atoms with Crippen LogP contribution in [0.5, 0.6) is 0 Å². The summed E-state index contributed by atoms with van der Waals surface area (Å²) >= 11 is 0. The number of nitrogens with one attached hydrogen (secondary N) is 1. The van der Waals surface area contributed by atoms with Gasteiger partial charge in [0.15, 0.2) is 5.76 Å². The van der Waals surface area contributed by atoms with Gasteiger partial charge in [-0.3, -0.25) is 4.79 Å². The normalized spacial score (nSPS) is 17.9. The van der Waals surface area contributed by atoms with Crippen LogP contribution < -0.4 is 5.32 Å². The van der Waals surface area contributed by atoms with Crippen molar-refractivity contribution in [2.24, 2.45) is 0 Å². The lowest BCUT2D eigenvalue weighted by Crippen LogP contribution is -2.37. The van der Waals surface area contributed by atoms with E-state index in [1.165, 1.54) is 11.8 Å². The summed E-state index contributed by atoms with van der Waals surface area (Å²) in [5, 5.41) is 3.05. The van der Waals surface area contributed by atoms with Crippen LogP contribution in [-0.4, -0.2) is 49.1 Å². The molecule has 1 saturated heterocycles. The minimum absolute atomic E-state index is 0.361. The van der Waals surface area contributed by atoms with Gasteiger partial charge >= 0.3 is 12.1 Å². The number of carbonyl (C=O) groups excluding carboxylic acids is 2. The average Bonchev–Trinajstić information content (AvgIpc) is 2.62. The fourth-order valence-corrected chi connectivity index (χ4v) is 1.59. The zero-order valence-electron chi connectivity index (χ0n) is 10.4. The van der Waals surface area contributed by atoms with Crippen LogP contribution in [0.1, 0.15) is 13.3 Å². The fourth-order valence-electron chi connectivity index (χ4n) is 1.59. The van der Waals surface area contributed by atoms with E-state index in [0.717, 1.165) is 12.6 Å². The summed E-state index contributed by atoms with van der Waals surface area (Å²) in [4.78, 5) is 24.0. The van der Waals surface area contributed by atoms with Crippen LogP contribution in [0.3, 0.4) is 0 Å². The first-order chi connectivity index (χ1) is 8.86. The number of hydrogen-bond acceptors (Lipinski definition) is 4. The maximum absolute atomic E-state index is 12.1. The summed E-state index contributed by atoms with van der Waals surface area (Å²) < 4.78 is 40.3. The summed E-state index contributed by atoms with van der Waals surface area (Å²) in [5.74, 6) is -3.69. The summed E-state index contributed by atoms with van der Waals surface area (Å²) in [6.45, 7) is 3.40. The highest BCUT2D eigenvalue weighted by atomic mass is 19.4. The third kappa shape index (κ3) is 4.55. The number of ether oxygens (including phenoxy) is 1. The molecule has 19 heavy (non-hydrogen) atoms. The smallest absolute Gasteiger partial charge is 0.414 e. The summed E-state index contributed by atoms with van der Waals surface area (Å²) in [7, 11) is 0. The van der Waals surface area contributed by atoms with Gasteiger partial charge in [0.1, 0.15) is 0 Å². The molecule has 1 aliphatic rings. The third-order valence-corrected chi connectivity index (χ3v) is 2.53. The minimum atomic E-state index is -5.12. The molecule has 0 saturated carbocycles. The van der Waals surface area contributed by atoms with Crippen LogP contribution in [-0.2, 0) is 14.3 Å². The first-order valence-corrected chi connectivity index (χ1v) is 5.81. The van der Waals surface area contributed by atoms with Gasteiger partial charge in [0.25, 0.3) is 5.91 Å². The van der Waals surface area contributed by atoms with Gasteiger partial charge in [-0.15, -0.1) is 0 Å². The van der Waals surface area contributed by atoms with E-state index in [1.807, 2.05) is 0 Å². The SMILES string of the molecule is C/C=C(/OC(=O)C(F)(F)F)C(=O)N1CCCNCC1. The van der Waals surface area contributed by atoms with Gasteiger partial charge in [-0.1, -0.05) is 0 Å². The van der Waals surface area contributed by atoms with Crippen LogP contribution in [0.4, 0.5) is 13.2 Å². The number of hydrogen-bond donors (Lipinski definition) is 1. The molecule has 0 aromatic carbocycles. The lowest BCUT2D eigenvalue weighted by Gasteiger charge is -2.21. The second-order valence-corrected chi connectivity index (χ2v) is 3.94. The van der Waals surface area contributed by atoms with Crippen LogP contribution in [0.15, 0.2) is 11.8 Å². The molecule has 1 rings (SSSR count). The second kappa shape index (κ2) is 6.55. The number of rotatable bonds is 2. The molecule has 0 bridgehead atoms. The minimum Gasteiger partial charge on any atom is -0.414 e. The number of halogens is 3. The number of nitrogens with zero attached hydrogens (tertiary/aromatic N) is 1. The molecule has 0 aliphatic carbocycles. The molecule has 1 fully saturated rings. The molecule has 1 aliphatic heterocycles. The zero-order chi connectivity index (χ0) is 14.5. The second-order valence-electron chi connectivity index (χ2n) is 3.94. The molecule has 0 aromatic rings. The van der Waals surface area contributed by atoms with Crippen molar-refractivity contribution in [3.8, 4) is 0 Å². The Bertz CT molecular complexity index is 372. The van der Waals surface area contributed by atoms with Crippen LogP contribution in [0, 0.1) is 0 Å². The number of allylic oxidation sites excluding steroid dienone is 1. The van der Waals surface area contributed by atoms with Crippen molar-refractivity contribution in [3.05, 3.63) is 11.8 Å². The van der Waals surface area contributed by atoms with Crippen LogP contribution >= 0.6 is 0 Å². The Labute approximate surface area is 108 Å². The number of carbonyl (C=O) groups is 2. The first kappa shape index (κ1) is 15.5. The van der Waals surface area contributed by atoms with Crippen molar-refractivity contribution in [1.29, 1.82) is 0 Å². The molecule has 0 atom stereocenters. The average molecular weight is 280 g/mol. The van der Waals surface area contributed by atoms with Gasteiger partial charge in [0.2, 0.25) is 0 Å². The van der Waals surface area contributed by atoms with Gasteiger partial charge in [-0.05, 0) is 26.0 Å². The van der Waals surface area contributed by atoms with Crippen molar-refractivity contribution in [3.63, 3.8) is 0 Å². The third-order valence-electron chi connectivity index (χ3n) is 2.53. The molecule has 108 valence electrons. The van der Waals surface area contributed by atoms with Crippen molar-refractivity contribution in [2.45, 2.75) is 19.5 Å². The van der Waals surface area contributed by atoms with E-state index in [9.17, 15) is 22.8 Å². The predicted molar refractivity (Wildman–Crippen MR) is 60.0 cm³/mol. The van der Waals surface area contributed by atoms with Gasteiger partial charge in [0.05, 0.1) is 0 Å². The molecular weight excluding hydrogens is 265 g/mol. The zero-order valence-corrected chi connectivity index (χ0v) is 10.4. The van der Waals surface area contributed by atoms with E-state index in [0.29, 0.717) is 26.1 Å². The Kier molecular flexibility index (Phi) is 5.34. The standard InChI is InChI=1S/C11H15F3N2O3/c1-2-8(19-10(18)11(12,13)14)9(17)16-6-3-4-15-5-7-16/h2,15H,3-7H2,1H3/b8-2+. The van der Waals surface area contributed by atoms with E-state index in [-0.39, 0.29) is 0 Å². The Morgan fingerprint density at radius 2 is 1.95 bits per heavy atom. The van der Waals surface area contributed by atoms with Crippen LogP contribution in [0.25, 0.3) is 0 Å². The topological polar surface area (TPSA) is 58.6 Å². The largest absolute Gasteiger partial charge is 0.491 e. The van der Waals surface area contributed by atoms with Gasteiger partial charge in [-0.25, -0.2) is 4.79 Å². The molecule has 8 heteroatoms. The van der Waals surface area contributed by atoms with E-state index in [4.69, 9.17) is 0 Å². The van der Waals surface area contributed by atoms with Crippen molar-refractivity contribution in [1.82, 2.24) is 10.2 Å². The molecular formula is C11H15F3N2O3. The lowest BCUT2D eigenvalue weighted by molar-refractivity contribution is -0.196. The van der Waals surface area contributed by atoms with E-state index in [1.54, 1.807) is 0 Å². The highest BCUT2D eigenvalue weighted by Crippen LogP contribution is 2.19. The summed E-state index contributed by atoms with van der Waals surface area (Å²) in [5.41, 5.74) is 0. The quantitative estimate of drug-likeness (QED) is 0.462. The maximum Gasteiger partial charge on any atom is 0.491 e. The Morgan fingerprint density at radius 1 is 1.26 bits per heavy atom. The molecule has 1 heterocycles. The highest BCUT2D eigenvalue weighted by Gasteiger charge is 2.42. The van der Waals surface area contributed by atoms with E-state index in [2.05, 4.69) is 10.1 Å².